The summed E-state index contributed by atoms with van der Waals surface area (Å²) < 4.78 is 324. The van der Waals surface area contributed by atoms with Crippen LogP contribution in [-0.2, 0) is 127 Å². The number of carbonyl (C=O) groups is 6. The first-order valence-corrected chi connectivity index (χ1v) is 51.1. The number of rotatable bonds is 32. The number of ether oxygens (including phenoxy) is 6. The number of hydrogen-bond acceptors (Lipinski definition) is 30. The average molecular weight is 2220 g/mol. The van der Waals surface area contributed by atoms with Gasteiger partial charge in [-0.05, 0) is 218 Å². The molecule has 0 N–H and O–H groups in total. The summed E-state index contributed by atoms with van der Waals surface area (Å²) in [5.74, 6) is -9.80. The first-order chi connectivity index (χ1) is 69.0. The van der Waals surface area contributed by atoms with E-state index in [9.17, 15) is 163 Å². The van der Waals surface area contributed by atoms with Gasteiger partial charge in [0, 0.05) is 75.3 Å². The van der Waals surface area contributed by atoms with Crippen molar-refractivity contribution in [3.05, 3.63) is 300 Å². The lowest BCUT2D eigenvalue weighted by molar-refractivity contribution is -0.219. The van der Waals surface area contributed by atoms with Gasteiger partial charge in [0.2, 0.25) is 20.0 Å². The number of esters is 6. The predicted molar refractivity (Wildman–Crippen MR) is 517 cm³/mol. The minimum atomic E-state index is -5.92. The van der Waals surface area contributed by atoms with Crippen molar-refractivity contribution in [2.45, 2.75) is 115 Å². The summed E-state index contributed by atoms with van der Waals surface area (Å²) in [6.07, 6.45) is -1.16. The van der Waals surface area contributed by atoms with E-state index in [1.165, 1.54) is 107 Å². The average Bonchev–Trinajstić information content (AvgIpc) is 0.801. The fourth-order valence-electron chi connectivity index (χ4n) is 11.4. The number of sulfonamides is 6. The number of fused-ring (bicyclic) bond motifs is 4. The van der Waals surface area contributed by atoms with E-state index >= 15 is 0 Å². The van der Waals surface area contributed by atoms with Crippen molar-refractivity contribution in [3.63, 3.8) is 0 Å². The zero-order valence-electron chi connectivity index (χ0n) is 79.3. The Morgan fingerprint density at radius 2 is 0.573 bits per heavy atom. The van der Waals surface area contributed by atoms with Crippen molar-refractivity contribution in [2.75, 3.05) is 12.5 Å². The van der Waals surface area contributed by atoms with Crippen molar-refractivity contribution in [1.29, 1.82) is 0 Å². The SMILES string of the molecule is C=C(C)C(=O)Oc1cc(CC([O-])=NS(=O)(=O)C(F)(F)F)cc2ccccc12.C=C(C)C(=O)Oc1ccc(CC([O-])=NS(C)(=O)=O)c2ccccc12.C=C(C)C(=O)Oc1ccc(CCC([O-])=NS(=O)(=O)C(F)(F)F)cc1.C=C(C)C(=O)Oc1ccc2cccc(CC([O-])=NS(=O)(=O)C(F)(F)F)c2c1.C=C(C)C(=O)Oc1cccc(CCC([O-])=NS(=O)(=O)C(F)(F)F)c1.C=C(C)C(=O)Oc1cccc2c(CC([O-])=NS(C)(=O)=O)cccc12. The first kappa shape index (κ1) is 125. The Morgan fingerprint density at radius 1 is 0.267 bits per heavy atom. The van der Waals surface area contributed by atoms with E-state index in [-0.39, 0.29) is 93.2 Å². The summed E-state index contributed by atoms with van der Waals surface area (Å²) in [4.78, 5) is 69.5. The molecule has 150 heavy (non-hydrogen) atoms. The quantitative estimate of drug-likeness (QED) is 0.00943. The molecule has 0 bridgehead atoms. The van der Waals surface area contributed by atoms with E-state index in [1.807, 2.05) is 0 Å². The summed E-state index contributed by atoms with van der Waals surface area (Å²) in [6, 6.07) is 50.6. The van der Waals surface area contributed by atoms with Crippen molar-refractivity contribution in [3.8, 4) is 34.5 Å². The van der Waals surface area contributed by atoms with Gasteiger partial charge in [0.15, 0.2) is 0 Å². The van der Waals surface area contributed by atoms with Gasteiger partial charge in [0.25, 0.3) is 0 Å². The van der Waals surface area contributed by atoms with Crippen LogP contribution < -0.4 is 59.1 Å². The third-order valence-electron chi connectivity index (χ3n) is 18.2. The van der Waals surface area contributed by atoms with Crippen LogP contribution in [0.3, 0.4) is 0 Å². The zero-order chi connectivity index (χ0) is 114. The molecule has 10 aromatic rings. The molecule has 0 heterocycles. The lowest BCUT2D eigenvalue weighted by Crippen LogP contribution is -2.28. The molecule has 0 radical (unpaired) electrons. The molecular weight excluding hydrogens is 2140 g/mol. The van der Waals surface area contributed by atoms with Gasteiger partial charge in [-0.3, -0.25) is 0 Å². The molecule has 36 nitrogen and oxygen atoms in total. The molecule has 0 aliphatic rings. The monoisotopic (exact) mass is 2220 g/mol. The Labute approximate surface area is 849 Å². The summed E-state index contributed by atoms with van der Waals surface area (Å²) in [5, 5.41) is 74.2. The van der Waals surface area contributed by atoms with E-state index in [2.05, 4.69) is 65.9 Å². The van der Waals surface area contributed by atoms with Crippen LogP contribution in [0, 0.1) is 0 Å². The van der Waals surface area contributed by atoms with Crippen molar-refractivity contribution < 1.29 is 191 Å². The Balaban J connectivity index is 0.000000316. The Hall–Kier alpha value is -15.8. The third-order valence-corrected chi connectivity index (χ3v) is 23.3. The molecule has 54 heteroatoms. The number of nitrogens with zero attached hydrogens (tertiary/aromatic N) is 6. The summed E-state index contributed by atoms with van der Waals surface area (Å²) in [6.45, 7) is 29.7. The van der Waals surface area contributed by atoms with Crippen LogP contribution in [0.4, 0.5) is 52.7 Å². The summed E-state index contributed by atoms with van der Waals surface area (Å²) >= 11 is 0. The molecule has 0 unspecified atom stereocenters. The predicted octanol–water partition coefficient (Wildman–Crippen LogP) is 11.5. The van der Waals surface area contributed by atoms with Crippen LogP contribution in [0.1, 0.15) is 87.8 Å². The molecule has 0 spiro atoms. The standard InChI is InChI=1S/2C17H14F3NO5S.2C17H17NO5S.2C14H14F3NO5S/c1-10(2)16(23)26-13-7-6-11-4-3-5-12(14(11)9-13)8-15(22)21-27(24,25)17(18,19)20;1-10(2)16(23)26-14-8-11(7-12-5-3-4-6-13(12)14)9-15(22)21-27(24,25)17(18,19)20;1-11(2)17(20)23-15-9-5-7-13-12(6-4-8-14(13)15)10-16(19)18-24(3,21)22;1-11(2)17(20)23-15-9-8-12(10-16(19)18-24(3,21)22)13-6-4-5-7-14(13)15;1-9(2)13(20)23-11-6-3-10(4-7-11)5-8-12(19)18-24(21,22)14(15,16)17;1-9(2)13(20)23-11-5-3-4-10(8-11)6-7-12(19)18-24(21,22)14(15,16)17/h3-7,9H,1,8H2,2H3,(H,21,22);3-8H,1,9H2,2H3,(H,21,22);2*4-9H,1,10H2,2-3H3,(H,18,19);3-4,6-7H,1,5,8H2,2H3,(H,18,19);3-5,8H,1,6-7H2,2H3,(H,18,19)/p-6. The molecule has 0 aliphatic carbocycles. The molecule has 0 aliphatic heterocycles. The van der Waals surface area contributed by atoms with Gasteiger partial charge in [-0.25, -0.2) is 45.6 Å². The molecule has 0 atom stereocenters. The highest BCUT2D eigenvalue weighted by molar-refractivity contribution is 7.92. The molecule has 10 rings (SSSR count). The van der Waals surface area contributed by atoms with Gasteiger partial charge >= 0.3 is 97.9 Å². The molecule has 0 amide bonds. The molecule has 0 fully saturated rings. The van der Waals surface area contributed by atoms with Crippen LogP contribution in [-0.4, -0.2) is 156 Å². The topological polar surface area (TPSA) is 575 Å². The van der Waals surface area contributed by atoms with E-state index < -0.39 is 179 Å². The Morgan fingerprint density at radius 3 is 1.00 bits per heavy atom. The maximum atomic E-state index is 12.3. The van der Waals surface area contributed by atoms with E-state index in [0.717, 1.165) is 12.5 Å². The fraction of sp³-hybridized carbons (Fsp3) is 0.208. The van der Waals surface area contributed by atoms with Gasteiger partial charge < -0.3 is 59.1 Å². The van der Waals surface area contributed by atoms with Crippen molar-refractivity contribution in [2.24, 2.45) is 26.4 Å². The van der Waals surface area contributed by atoms with Crippen LogP contribution >= 0.6 is 0 Å². The second-order valence-corrected chi connectivity index (χ2v) is 40.9. The highest BCUT2D eigenvalue weighted by Gasteiger charge is 2.48. The van der Waals surface area contributed by atoms with Crippen molar-refractivity contribution >= 4 is 174 Å². The number of carbonyl (C=O) groups excluding carboxylic acids is 6. The number of halogens is 12. The maximum Gasteiger partial charge on any atom is 0.518 e. The van der Waals surface area contributed by atoms with Gasteiger partial charge in [0.1, 0.15) is 34.5 Å². The van der Waals surface area contributed by atoms with Gasteiger partial charge in [-0.15, -0.1) is 0 Å². The molecule has 804 valence electrons. The van der Waals surface area contributed by atoms with Crippen LogP contribution in [0.2, 0.25) is 0 Å². The highest BCUT2D eigenvalue weighted by Crippen LogP contribution is 2.36. The maximum absolute atomic E-state index is 12.3. The van der Waals surface area contributed by atoms with Crippen LogP contribution in [0.15, 0.2) is 293 Å². The smallest absolute Gasteiger partial charge is 0.518 e. The first-order valence-electron chi connectivity index (χ1n) is 41.7. The summed E-state index contributed by atoms with van der Waals surface area (Å²) in [5.41, 5.74) is -18.8. The van der Waals surface area contributed by atoms with Crippen molar-refractivity contribution in [1.82, 2.24) is 0 Å². The second kappa shape index (κ2) is 52.7. The largest absolute Gasteiger partial charge is 0.861 e. The molecule has 0 aromatic heterocycles. The van der Waals surface area contributed by atoms with E-state index in [1.54, 1.807) is 129 Å². The molecule has 0 saturated carbocycles. The minimum absolute atomic E-state index is 0.0234. The lowest BCUT2D eigenvalue weighted by atomic mass is 10.0. The zero-order valence-corrected chi connectivity index (χ0v) is 84.2. The number of alkyl halides is 12. The molecular formula is C96H84F12N6O30S6-6. The summed E-state index contributed by atoms with van der Waals surface area (Å²) in [7, 11) is -31.0. The van der Waals surface area contributed by atoms with Gasteiger partial charge in [-0.2, -0.15) is 113 Å². The Kier molecular flexibility index (Phi) is 43.8. The van der Waals surface area contributed by atoms with Gasteiger partial charge in [0.05, 0.1) is 12.5 Å². The van der Waals surface area contributed by atoms with Crippen LogP contribution in [0.5, 0.6) is 34.5 Å². The molecule has 0 saturated heterocycles. The third kappa shape index (κ3) is 40.1. The van der Waals surface area contributed by atoms with Gasteiger partial charge in [-0.1, -0.05) is 179 Å². The normalized spacial score (nSPS) is 12.6. The lowest BCUT2D eigenvalue weighted by Gasteiger charge is -2.14. The minimum Gasteiger partial charge on any atom is -0.861 e. The van der Waals surface area contributed by atoms with E-state index in [0.29, 0.717) is 76.8 Å². The molecule has 10 aromatic carbocycles. The number of hydrogen-bond donors (Lipinski definition) is 0. The number of benzene rings is 10. The number of aryl methyl sites for hydroxylation is 2. The Bertz CT molecular complexity index is 7750. The van der Waals surface area contributed by atoms with Crippen LogP contribution in [0.25, 0.3) is 43.1 Å². The highest BCUT2D eigenvalue weighted by atomic mass is 32.2. The van der Waals surface area contributed by atoms with E-state index in [4.69, 9.17) is 28.4 Å². The second-order valence-electron chi connectivity index (χ2n) is 31.2. The fourth-order valence-corrected chi connectivity index (χ4v) is 14.0.